The Hall–Kier alpha value is -2.34. The van der Waals surface area contributed by atoms with Crippen LogP contribution in [0.3, 0.4) is 0 Å². The van der Waals surface area contributed by atoms with Crippen LogP contribution in [-0.2, 0) is 10.2 Å². The van der Waals surface area contributed by atoms with Gasteiger partial charge in [0.25, 0.3) is 0 Å². The van der Waals surface area contributed by atoms with E-state index in [0.717, 1.165) is 31.0 Å². The molecular formula is C23H34N4O2. The molecule has 158 valence electrons. The largest absolute Gasteiger partial charge is 0.497 e. The van der Waals surface area contributed by atoms with Gasteiger partial charge >= 0.3 is 0 Å². The number of methoxy groups -OCH3 is 1. The van der Waals surface area contributed by atoms with Gasteiger partial charge in [0.15, 0.2) is 0 Å². The topological polar surface area (TPSA) is 68.2 Å². The predicted octanol–water partition coefficient (Wildman–Crippen LogP) is 4.29. The summed E-state index contributed by atoms with van der Waals surface area (Å²) in [5.41, 5.74) is 1.40. The van der Waals surface area contributed by atoms with Crippen LogP contribution in [-0.4, -0.2) is 35.4 Å². The molecule has 2 N–H and O–H groups in total. The van der Waals surface area contributed by atoms with Crippen LogP contribution in [0.1, 0.15) is 64.5 Å². The van der Waals surface area contributed by atoms with E-state index in [9.17, 15) is 4.79 Å². The number of carbonyl (C=O) groups excluding carboxylic acids is 1. The summed E-state index contributed by atoms with van der Waals surface area (Å²) in [5.74, 6) is 1.58. The van der Waals surface area contributed by atoms with Crippen molar-refractivity contribution >= 4 is 11.7 Å². The van der Waals surface area contributed by atoms with E-state index in [-0.39, 0.29) is 23.4 Å². The summed E-state index contributed by atoms with van der Waals surface area (Å²) in [6.07, 6.45) is 7.73. The maximum absolute atomic E-state index is 12.8. The van der Waals surface area contributed by atoms with Crippen molar-refractivity contribution in [2.45, 2.75) is 70.4 Å². The number of nitrogens with one attached hydrogen (secondary N) is 2. The van der Waals surface area contributed by atoms with Crippen molar-refractivity contribution < 1.29 is 9.53 Å². The SMILES string of the molecule is COc1ccc(C2(CNC(C)C(=O)Nc3ccnn3C(C)C)CCCCC2)cc1. The van der Waals surface area contributed by atoms with E-state index in [0.29, 0.717) is 0 Å². The van der Waals surface area contributed by atoms with Crippen LogP contribution in [0.2, 0.25) is 0 Å². The number of hydrogen-bond donors (Lipinski definition) is 2. The van der Waals surface area contributed by atoms with E-state index in [4.69, 9.17) is 4.74 Å². The van der Waals surface area contributed by atoms with Gasteiger partial charge in [0.1, 0.15) is 11.6 Å². The van der Waals surface area contributed by atoms with E-state index < -0.39 is 0 Å². The van der Waals surface area contributed by atoms with Crippen molar-refractivity contribution in [2.24, 2.45) is 0 Å². The Morgan fingerprint density at radius 3 is 2.45 bits per heavy atom. The van der Waals surface area contributed by atoms with E-state index >= 15 is 0 Å². The number of rotatable bonds is 8. The van der Waals surface area contributed by atoms with Crippen molar-refractivity contribution in [1.82, 2.24) is 15.1 Å². The molecule has 1 amide bonds. The lowest BCUT2D eigenvalue weighted by Crippen LogP contribution is -2.47. The lowest BCUT2D eigenvalue weighted by atomic mass is 9.69. The fourth-order valence-electron chi connectivity index (χ4n) is 4.24. The first kappa shape index (κ1) is 21.4. The molecule has 1 heterocycles. The number of aromatic nitrogens is 2. The van der Waals surface area contributed by atoms with E-state index in [1.54, 1.807) is 13.3 Å². The monoisotopic (exact) mass is 398 g/mol. The molecule has 3 rings (SSSR count). The lowest BCUT2D eigenvalue weighted by molar-refractivity contribution is -0.117. The summed E-state index contributed by atoms with van der Waals surface area (Å²) in [7, 11) is 1.69. The molecule has 1 unspecified atom stereocenters. The maximum Gasteiger partial charge on any atom is 0.242 e. The van der Waals surface area contributed by atoms with Gasteiger partial charge < -0.3 is 15.4 Å². The number of anilines is 1. The van der Waals surface area contributed by atoms with E-state index in [1.165, 1.54) is 24.8 Å². The zero-order chi connectivity index (χ0) is 20.9. The third-order valence-electron chi connectivity index (χ3n) is 6.06. The summed E-state index contributed by atoms with van der Waals surface area (Å²) in [5, 5.41) is 10.8. The smallest absolute Gasteiger partial charge is 0.242 e. The highest BCUT2D eigenvalue weighted by molar-refractivity contribution is 5.93. The molecule has 1 aromatic carbocycles. The number of carbonyl (C=O) groups is 1. The second-order valence-corrected chi connectivity index (χ2v) is 8.42. The van der Waals surface area contributed by atoms with Crippen molar-refractivity contribution in [3.05, 3.63) is 42.1 Å². The molecule has 1 fully saturated rings. The third kappa shape index (κ3) is 4.99. The predicted molar refractivity (Wildman–Crippen MR) is 116 cm³/mol. The first-order valence-corrected chi connectivity index (χ1v) is 10.7. The molecule has 0 spiro atoms. The molecule has 6 nitrogen and oxygen atoms in total. The molecule has 0 bridgehead atoms. The zero-order valence-electron chi connectivity index (χ0n) is 18.1. The van der Waals surface area contributed by atoms with Crippen LogP contribution in [0.4, 0.5) is 5.82 Å². The molecule has 29 heavy (non-hydrogen) atoms. The van der Waals surface area contributed by atoms with Gasteiger partial charge in [-0.2, -0.15) is 5.10 Å². The molecule has 1 aromatic heterocycles. The Kier molecular flexibility index (Phi) is 6.96. The zero-order valence-corrected chi connectivity index (χ0v) is 18.1. The van der Waals surface area contributed by atoms with Gasteiger partial charge in [-0.3, -0.25) is 4.79 Å². The minimum absolute atomic E-state index is 0.0342. The van der Waals surface area contributed by atoms with Gasteiger partial charge in [-0.15, -0.1) is 0 Å². The number of nitrogens with zero attached hydrogens (tertiary/aromatic N) is 2. The Morgan fingerprint density at radius 2 is 1.83 bits per heavy atom. The van der Waals surface area contributed by atoms with Crippen molar-refractivity contribution in [1.29, 1.82) is 0 Å². The van der Waals surface area contributed by atoms with E-state index in [2.05, 4.69) is 27.9 Å². The van der Waals surface area contributed by atoms with Crippen molar-refractivity contribution in [2.75, 3.05) is 19.0 Å². The quantitative estimate of drug-likeness (QED) is 0.696. The Bertz CT molecular complexity index is 791. The molecule has 6 heteroatoms. The summed E-state index contributed by atoms with van der Waals surface area (Å²) in [6, 6.07) is 10.2. The van der Waals surface area contributed by atoms with Crippen molar-refractivity contribution in [3.63, 3.8) is 0 Å². The molecule has 0 aliphatic heterocycles. The first-order chi connectivity index (χ1) is 13.9. The normalized spacial score (nSPS) is 17.1. The highest BCUT2D eigenvalue weighted by atomic mass is 16.5. The van der Waals surface area contributed by atoms with Crippen LogP contribution >= 0.6 is 0 Å². The van der Waals surface area contributed by atoms with E-state index in [1.807, 2.05) is 43.7 Å². The average molecular weight is 399 g/mol. The number of hydrogen-bond acceptors (Lipinski definition) is 4. The van der Waals surface area contributed by atoms with Crippen molar-refractivity contribution in [3.8, 4) is 5.75 Å². The van der Waals surface area contributed by atoms with Crippen LogP contribution in [0.15, 0.2) is 36.5 Å². The van der Waals surface area contributed by atoms with Crippen LogP contribution < -0.4 is 15.4 Å². The van der Waals surface area contributed by atoms with Gasteiger partial charge in [0.2, 0.25) is 5.91 Å². The first-order valence-electron chi connectivity index (χ1n) is 10.7. The van der Waals surface area contributed by atoms with Crippen LogP contribution in [0.5, 0.6) is 5.75 Å². The number of benzene rings is 1. The standard InChI is InChI=1S/C23H34N4O2/c1-17(2)27-21(12-15-25-27)26-22(28)18(3)24-16-23(13-6-5-7-14-23)19-8-10-20(29-4)11-9-19/h8-12,15,17-18,24H,5-7,13-14,16H2,1-4H3,(H,26,28). The Balaban J connectivity index is 1.67. The summed E-state index contributed by atoms with van der Waals surface area (Å²) in [4.78, 5) is 12.8. The summed E-state index contributed by atoms with van der Waals surface area (Å²) >= 11 is 0. The highest BCUT2D eigenvalue weighted by Crippen LogP contribution is 2.39. The second kappa shape index (κ2) is 9.44. The summed E-state index contributed by atoms with van der Waals surface area (Å²) in [6.45, 7) is 6.81. The van der Waals surface area contributed by atoms with Crippen LogP contribution in [0.25, 0.3) is 0 Å². The molecule has 1 aliphatic rings. The lowest BCUT2D eigenvalue weighted by Gasteiger charge is -2.39. The molecule has 1 atom stereocenters. The third-order valence-corrected chi connectivity index (χ3v) is 6.06. The molecule has 2 aromatic rings. The average Bonchev–Trinajstić information content (AvgIpc) is 3.21. The second-order valence-electron chi connectivity index (χ2n) is 8.42. The number of ether oxygens (including phenoxy) is 1. The summed E-state index contributed by atoms with van der Waals surface area (Å²) < 4.78 is 7.14. The van der Waals surface area contributed by atoms with Gasteiger partial charge in [0, 0.05) is 24.1 Å². The van der Waals surface area contributed by atoms with Gasteiger partial charge in [-0.05, 0) is 51.3 Å². The van der Waals surface area contributed by atoms with Crippen LogP contribution in [0, 0.1) is 0 Å². The molecule has 0 saturated heterocycles. The fourth-order valence-corrected chi connectivity index (χ4v) is 4.24. The number of amides is 1. The maximum atomic E-state index is 12.8. The molecule has 1 saturated carbocycles. The highest BCUT2D eigenvalue weighted by Gasteiger charge is 2.34. The minimum Gasteiger partial charge on any atom is -0.497 e. The Morgan fingerprint density at radius 1 is 1.14 bits per heavy atom. The fraction of sp³-hybridized carbons (Fsp3) is 0.565. The molecule has 0 radical (unpaired) electrons. The molecule has 1 aliphatic carbocycles. The van der Waals surface area contributed by atoms with Gasteiger partial charge in [-0.25, -0.2) is 4.68 Å². The molecular weight excluding hydrogens is 364 g/mol. The Labute approximate surface area is 174 Å². The van der Waals surface area contributed by atoms with Gasteiger partial charge in [0.05, 0.1) is 19.3 Å². The minimum atomic E-state index is -0.289. The van der Waals surface area contributed by atoms with Gasteiger partial charge in [-0.1, -0.05) is 31.4 Å².